The Morgan fingerprint density at radius 3 is 3.00 bits per heavy atom. The molecule has 3 rings (SSSR count). The van der Waals surface area contributed by atoms with Crippen molar-refractivity contribution in [2.45, 2.75) is 25.7 Å². The third kappa shape index (κ3) is 2.97. The third-order valence-electron chi connectivity index (χ3n) is 3.18. The highest BCUT2D eigenvalue weighted by Gasteiger charge is 2.28. The topological polar surface area (TPSA) is 69.4 Å². The van der Waals surface area contributed by atoms with Crippen LogP contribution in [-0.4, -0.2) is 29.4 Å². The van der Waals surface area contributed by atoms with Crippen LogP contribution in [0.3, 0.4) is 0 Å². The Labute approximate surface area is 117 Å². The van der Waals surface area contributed by atoms with Crippen molar-refractivity contribution in [1.29, 1.82) is 0 Å². The molecule has 0 aliphatic carbocycles. The van der Waals surface area contributed by atoms with Gasteiger partial charge in [0, 0.05) is 6.54 Å². The first-order valence-electron chi connectivity index (χ1n) is 6.68. The molecule has 20 heavy (non-hydrogen) atoms. The van der Waals surface area contributed by atoms with E-state index in [0.717, 1.165) is 12.3 Å². The normalized spacial score (nSPS) is 22.6. The van der Waals surface area contributed by atoms with Gasteiger partial charge in [-0.25, -0.2) is 0 Å². The number of morpholine rings is 1. The van der Waals surface area contributed by atoms with E-state index < -0.39 is 0 Å². The molecule has 2 aromatic rings. The van der Waals surface area contributed by atoms with Gasteiger partial charge >= 0.3 is 0 Å². The Kier molecular flexibility index (Phi) is 3.94. The molecular weight excluding hydrogens is 258 g/mol. The van der Waals surface area contributed by atoms with Crippen molar-refractivity contribution >= 4 is 0 Å². The summed E-state index contributed by atoms with van der Waals surface area (Å²) >= 11 is 0. The highest BCUT2D eigenvalue weighted by Crippen LogP contribution is 2.20. The van der Waals surface area contributed by atoms with Gasteiger partial charge in [0.1, 0.15) is 11.8 Å². The van der Waals surface area contributed by atoms with Crippen molar-refractivity contribution < 1.29 is 14.0 Å². The lowest BCUT2D eigenvalue weighted by atomic mass is 10.1. The van der Waals surface area contributed by atoms with Crippen LogP contribution in [-0.2, 0) is 11.3 Å². The molecule has 0 unspecified atom stereocenters. The molecule has 1 aliphatic heterocycles. The van der Waals surface area contributed by atoms with Gasteiger partial charge in [0.25, 0.3) is 0 Å². The molecule has 2 atom stereocenters. The van der Waals surface area contributed by atoms with Gasteiger partial charge in [-0.05, 0) is 19.1 Å². The first-order valence-corrected chi connectivity index (χ1v) is 6.68. The van der Waals surface area contributed by atoms with Crippen LogP contribution in [0.25, 0.3) is 0 Å². The van der Waals surface area contributed by atoms with E-state index in [4.69, 9.17) is 14.0 Å². The summed E-state index contributed by atoms with van der Waals surface area (Å²) in [4.78, 5) is 4.35. The number of para-hydroxylation sites is 1. The lowest BCUT2D eigenvalue weighted by Gasteiger charge is -2.27. The molecule has 0 radical (unpaired) electrons. The first kappa shape index (κ1) is 13.1. The fourth-order valence-electron chi connectivity index (χ4n) is 2.13. The van der Waals surface area contributed by atoms with Crippen molar-refractivity contribution in [1.82, 2.24) is 15.5 Å². The zero-order valence-electron chi connectivity index (χ0n) is 11.3. The van der Waals surface area contributed by atoms with Gasteiger partial charge in [0.2, 0.25) is 11.7 Å². The number of hydrogen-bond acceptors (Lipinski definition) is 6. The van der Waals surface area contributed by atoms with Gasteiger partial charge in [-0.2, -0.15) is 4.98 Å². The van der Waals surface area contributed by atoms with Crippen molar-refractivity contribution in [2.24, 2.45) is 0 Å². The Balaban J connectivity index is 1.62. The third-order valence-corrected chi connectivity index (χ3v) is 3.18. The zero-order valence-corrected chi connectivity index (χ0v) is 11.3. The Hall–Kier alpha value is -1.92. The predicted molar refractivity (Wildman–Crippen MR) is 71.2 cm³/mol. The molecule has 106 valence electrons. The van der Waals surface area contributed by atoms with E-state index in [1.54, 1.807) is 0 Å². The smallest absolute Gasteiger partial charge is 0.246 e. The second-order valence-corrected chi connectivity index (χ2v) is 4.66. The number of hydrogen-bond donors (Lipinski definition) is 1. The molecule has 6 heteroatoms. The van der Waals surface area contributed by atoms with Crippen LogP contribution in [0.1, 0.15) is 24.7 Å². The Morgan fingerprint density at radius 2 is 2.20 bits per heavy atom. The first-order chi connectivity index (χ1) is 9.83. The maximum Gasteiger partial charge on any atom is 0.246 e. The van der Waals surface area contributed by atoms with Gasteiger partial charge < -0.3 is 19.3 Å². The van der Waals surface area contributed by atoms with Crippen molar-refractivity contribution in [3.8, 4) is 5.75 Å². The predicted octanol–water partition coefficient (Wildman–Crippen LogP) is 1.70. The molecule has 1 fully saturated rings. The second-order valence-electron chi connectivity index (χ2n) is 4.66. The quantitative estimate of drug-likeness (QED) is 0.916. The van der Waals surface area contributed by atoms with Gasteiger partial charge in [-0.1, -0.05) is 23.4 Å². The maximum atomic E-state index is 5.58. The summed E-state index contributed by atoms with van der Waals surface area (Å²) in [5.74, 6) is 1.86. The summed E-state index contributed by atoms with van der Waals surface area (Å²) < 4.78 is 16.4. The van der Waals surface area contributed by atoms with Crippen LogP contribution in [0.5, 0.6) is 5.75 Å². The van der Waals surface area contributed by atoms with Crippen molar-refractivity contribution in [2.75, 3.05) is 13.2 Å². The van der Waals surface area contributed by atoms with Crippen molar-refractivity contribution in [3.63, 3.8) is 0 Å². The number of ether oxygens (including phenoxy) is 2. The average molecular weight is 275 g/mol. The van der Waals surface area contributed by atoms with Crippen LogP contribution in [0.2, 0.25) is 0 Å². The highest BCUT2D eigenvalue weighted by molar-refractivity contribution is 5.20. The number of nitrogens with zero attached hydrogens (tertiary/aromatic N) is 2. The molecule has 1 aromatic carbocycles. The molecule has 6 nitrogen and oxygen atoms in total. The minimum Gasteiger partial charge on any atom is -0.485 e. The van der Waals surface area contributed by atoms with Gasteiger partial charge in [0.05, 0.1) is 12.7 Å². The van der Waals surface area contributed by atoms with E-state index in [-0.39, 0.29) is 18.8 Å². The summed E-state index contributed by atoms with van der Waals surface area (Å²) in [7, 11) is 0. The summed E-state index contributed by atoms with van der Waals surface area (Å²) in [5, 5.41) is 7.24. The van der Waals surface area contributed by atoms with Crippen LogP contribution < -0.4 is 10.1 Å². The Morgan fingerprint density at radius 1 is 1.35 bits per heavy atom. The van der Waals surface area contributed by atoms with E-state index in [2.05, 4.69) is 15.5 Å². The van der Waals surface area contributed by atoms with E-state index >= 15 is 0 Å². The van der Waals surface area contributed by atoms with E-state index in [1.807, 2.05) is 37.3 Å². The van der Waals surface area contributed by atoms with E-state index in [9.17, 15) is 0 Å². The molecule has 1 aliphatic rings. The maximum absolute atomic E-state index is 5.58. The molecule has 0 spiro atoms. The zero-order chi connectivity index (χ0) is 13.8. The standard InChI is InChI=1S/C14H17N3O3/c1-10-13(15-7-8-18-10)14-16-12(17-20-14)9-19-11-5-3-2-4-6-11/h2-6,10,13,15H,7-9H2,1H3/t10-,13+/m1/s1. The van der Waals surface area contributed by atoms with E-state index in [1.165, 1.54) is 0 Å². The summed E-state index contributed by atoms with van der Waals surface area (Å²) in [6.45, 7) is 3.76. The average Bonchev–Trinajstić information content (AvgIpc) is 2.95. The molecule has 2 heterocycles. The lowest BCUT2D eigenvalue weighted by Crippen LogP contribution is -2.40. The highest BCUT2D eigenvalue weighted by atomic mass is 16.5. The molecule has 0 saturated carbocycles. The molecule has 1 N–H and O–H groups in total. The molecular formula is C14H17N3O3. The van der Waals surface area contributed by atoms with Gasteiger partial charge in [-0.3, -0.25) is 0 Å². The van der Waals surface area contributed by atoms with E-state index in [0.29, 0.717) is 18.3 Å². The summed E-state index contributed by atoms with van der Waals surface area (Å²) in [5.41, 5.74) is 0. The molecule has 0 amide bonds. The summed E-state index contributed by atoms with van der Waals surface area (Å²) in [6, 6.07) is 9.50. The molecule has 1 aromatic heterocycles. The van der Waals surface area contributed by atoms with Crippen LogP contribution in [0.4, 0.5) is 0 Å². The van der Waals surface area contributed by atoms with Crippen LogP contribution in [0, 0.1) is 0 Å². The van der Waals surface area contributed by atoms with Crippen molar-refractivity contribution in [3.05, 3.63) is 42.0 Å². The SMILES string of the molecule is C[C@H]1OCCN[C@@H]1c1nc(COc2ccccc2)no1. The largest absolute Gasteiger partial charge is 0.485 e. The van der Waals surface area contributed by atoms with Crippen LogP contribution in [0.15, 0.2) is 34.9 Å². The summed E-state index contributed by atoms with van der Waals surface area (Å²) in [6.07, 6.45) is 0.0205. The lowest BCUT2D eigenvalue weighted by molar-refractivity contribution is -0.00136. The fraction of sp³-hybridized carbons (Fsp3) is 0.429. The fourth-order valence-corrected chi connectivity index (χ4v) is 2.13. The monoisotopic (exact) mass is 275 g/mol. The minimum absolute atomic E-state index is 0.0205. The molecule has 1 saturated heterocycles. The number of rotatable bonds is 4. The minimum atomic E-state index is -0.0540. The second kappa shape index (κ2) is 6.02. The van der Waals surface area contributed by atoms with Gasteiger partial charge in [0.15, 0.2) is 6.61 Å². The Bertz CT molecular complexity index is 544. The number of aromatic nitrogens is 2. The number of benzene rings is 1. The van der Waals surface area contributed by atoms with Crippen LogP contribution >= 0.6 is 0 Å². The molecule has 0 bridgehead atoms. The number of nitrogens with one attached hydrogen (secondary N) is 1. The van der Waals surface area contributed by atoms with Gasteiger partial charge in [-0.15, -0.1) is 0 Å².